The van der Waals surface area contributed by atoms with Crippen molar-refractivity contribution in [3.05, 3.63) is 65.5 Å². The van der Waals surface area contributed by atoms with Crippen molar-refractivity contribution in [2.24, 2.45) is 5.92 Å². The highest BCUT2D eigenvalue weighted by Gasteiger charge is 2.23. The second kappa shape index (κ2) is 5.63. The highest BCUT2D eigenvalue weighted by atomic mass is 19.1. The molecule has 1 atom stereocenters. The quantitative estimate of drug-likeness (QED) is 0.816. The summed E-state index contributed by atoms with van der Waals surface area (Å²) in [6, 6.07) is 15.3. The molecule has 1 aliphatic rings. The van der Waals surface area contributed by atoms with Gasteiger partial charge in [-0.25, -0.2) is 4.39 Å². The molecular weight excluding hydrogens is 251 g/mol. The van der Waals surface area contributed by atoms with Gasteiger partial charge >= 0.3 is 0 Å². The van der Waals surface area contributed by atoms with E-state index in [2.05, 4.69) is 17.4 Å². The molecule has 0 aliphatic heterocycles. The highest BCUT2D eigenvalue weighted by molar-refractivity contribution is 5.45. The molecule has 20 heavy (non-hydrogen) atoms. The van der Waals surface area contributed by atoms with Crippen LogP contribution < -0.4 is 11.1 Å². The normalized spacial score (nSPS) is 16.1. The Morgan fingerprint density at radius 2 is 1.85 bits per heavy atom. The van der Waals surface area contributed by atoms with Crippen LogP contribution in [0.3, 0.4) is 0 Å². The average molecular weight is 270 g/mol. The topological polar surface area (TPSA) is 38.0 Å². The van der Waals surface area contributed by atoms with E-state index in [1.165, 1.54) is 24.5 Å². The first-order valence-electron chi connectivity index (χ1n) is 7.07. The van der Waals surface area contributed by atoms with Crippen molar-refractivity contribution < 1.29 is 4.39 Å². The van der Waals surface area contributed by atoms with Crippen molar-refractivity contribution in [3.8, 4) is 0 Å². The van der Waals surface area contributed by atoms with Crippen LogP contribution in [0.25, 0.3) is 0 Å². The Labute approximate surface area is 118 Å². The third-order valence-electron chi connectivity index (χ3n) is 3.79. The third-order valence-corrected chi connectivity index (χ3v) is 3.79. The predicted octanol–water partition coefficient (Wildman–Crippen LogP) is 3.50. The molecule has 0 aromatic heterocycles. The summed E-state index contributed by atoms with van der Waals surface area (Å²) in [7, 11) is 0. The molecule has 0 bridgehead atoms. The van der Waals surface area contributed by atoms with Crippen LogP contribution in [-0.2, 0) is 0 Å². The van der Waals surface area contributed by atoms with Gasteiger partial charge in [0.15, 0.2) is 0 Å². The summed E-state index contributed by atoms with van der Waals surface area (Å²) in [6.45, 7) is 0.997. The lowest BCUT2D eigenvalue weighted by Gasteiger charge is -2.20. The molecule has 3 heteroatoms. The third kappa shape index (κ3) is 2.99. The first-order chi connectivity index (χ1) is 9.74. The largest absolute Gasteiger partial charge is 0.396 e. The van der Waals surface area contributed by atoms with Gasteiger partial charge < -0.3 is 11.1 Å². The summed E-state index contributed by atoms with van der Waals surface area (Å²) in [4.78, 5) is 0. The maximum atomic E-state index is 13.3. The Bertz CT molecular complexity index is 579. The zero-order valence-corrected chi connectivity index (χ0v) is 11.4. The lowest BCUT2D eigenvalue weighted by atomic mass is 9.98. The summed E-state index contributed by atoms with van der Waals surface area (Å²) in [5, 5.41) is 3.58. The summed E-state index contributed by atoms with van der Waals surface area (Å²) < 4.78 is 13.3. The Morgan fingerprint density at radius 3 is 2.50 bits per heavy atom. The van der Waals surface area contributed by atoms with E-state index in [0.29, 0.717) is 0 Å². The molecule has 2 aromatic carbocycles. The van der Waals surface area contributed by atoms with Crippen LogP contribution in [0.2, 0.25) is 0 Å². The second-order valence-electron chi connectivity index (χ2n) is 5.48. The number of benzene rings is 2. The second-order valence-corrected chi connectivity index (χ2v) is 5.48. The summed E-state index contributed by atoms with van der Waals surface area (Å²) in [5.74, 6) is 0.432. The summed E-state index contributed by atoms with van der Waals surface area (Å²) in [5.41, 5.74) is 8.10. The van der Waals surface area contributed by atoms with Crippen molar-refractivity contribution in [3.63, 3.8) is 0 Å². The Morgan fingerprint density at radius 1 is 1.10 bits per heavy atom. The molecule has 1 saturated carbocycles. The molecule has 3 rings (SSSR count). The van der Waals surface area contributed by atoms with Crippen molar-refractivity contribution in [2.75, 3.05) is 12.3 Å². The van der Waals surface area contributed by atoms with Crippen LogP contribution >= 0.6 is 0 Å². The van der Waals surface area contributed by atoms with Crippen molar-refractivity contribution in [1.82, 2.24) is 5.32 Å². The van der Waals surface area contributed by atoms with Gasteiger partial charge in [-0.1, -0.05) is 36.4 Å². The van der Waals surface area contributed by atoms with Crippen molar-refractivity contribution in [1.29, 1.82) is 0 Å². The van der Waals surface area contributed by atoms with Crippen LogP contribution in [0.4, 0.5) is 10.1 Å². The Balaban J connectivity index is 1.88. The van der Waals surface area contributed by atoms with Crippen LogP contribution in [-0.4, -0.2) is 6.54 Å². The molecule has 2 nitrogen and oxygen atoms in total. The fourth-order valence-corrected chi connectivity index (χ4v) is 2.42. The SMILES string of the molecule is Nc1cc(C(NCC2CC2)c2ccccc2)ccc1F. The van der Waals surface area contributed by atoms with E-state index in [1.807, 2.05) is 24.3 Å². The average Bonchev–Trinajstić information content (AvgIpc) is 3.28. The first kappa shape index (κ1) is 13.1. The molecule has 0 saturated heterocycles. The van der Waals surface area contributed by atoms with Gasteiger partial charge in [0.2, 0.25) is 0 Å². The first-order valence-corrected chi connectivity index (χ1v) is 7.07. The number of nitrogen functional groups attached to an aromatic ring is 1. The van der Waals surface area contributed by atoms with E-state index >= 15 is 0 Å². The number of halogens is 1. The number of rotatable bonds is 5. The van der Waals surface area contributed by atoms with Crippen LogP contribution in [0.1, 0.15) is 30.0 Å². The Kier molecular flexibility index (Phi) is 3.70. The molecule has 104 valence electrons. The van der Waals surface area contributed by atoms with Crippen LogP contribution in [0, 0.1) is 11.7 Å². The molecule has 0 amide bonds. The minimum absolute atomic E-state index is 0.0692. The number of hydrogen-bond donors (Lipinski definition) is 2. The van der Waals surface area contributed by atoms with E-state index in [1.54, 1.807) is 6.07 Å². The van der Waals surface area contributed by atoms with E-state index in [-0.39, 0.29) is 17.5 Å². The van der Waals surface area contributed by atoms with Gasteiger partial charge in [-0.05, 0) is 48.6 Å². The smallest absolute Gasteiger partial charge is 0.146 e. The van der Waals surface area contributed by atoms with Crippen LogP contribution in [0.15, 0.2) is 48.5 Å². The molecule has 1 unspecified atom stereocenters. The molecular formula is C17H19FN2. The van der Waals surface area contributed by atoms with E-state index < -0.39 is 0 Å². The maximum absolute atomic E-state index is 13.3. The molecule has 3 N–H and O–H groups in total. The van der Waals surface area contributed by atoms with Gasteiger partial charge in [-0.15, -0.1) is 0 Å². The highest BCUT2D eigenvalue weighted by Crippen LogP contribution is 2.30. The lowest BCUT2D eigenvalue weighted by molar-refractivity contribution is 0.571. The monoisotopic (exact) mass is 270 g/mol. The minimum Gasteiger partial charge on any atom is -0.396 e. The Hall–Kier alpha value is -1.87. The van der Waals surface area contributed by atoms with Gasteiger partial charge in [0.05, 0.1) is 11.7 Å². The van der Waals surface area contributed by atoms with Gasteiger partial charge in [0.25, 0.3) is 0 Å². The molecule has 0 heterocycles. The summed E-state index contributed by atoms with van der Waals surface area (Å²) >= 11 is 0. The standard InChI is InChI=1S/C17H19FN2/c18-15-9-8-14(10-16(15)19)17(20-11-12-6-7-12)13-4-2-1-3-5-13/h1-5,8-10,12,17,20H,6-7,11,19H2. The number of nitrogens with two attached hydrogens (primary N) is 1. The fourth-order valence-electron chi connectivity index (χ4n) is 2.42. The van der Waals surface area contributed by atoms with Gasteiger partial charge in [0, 0.05) is 0 Å². The van der Waals surface area contributed by atoms with Gasteiger partial charge in [0.1, 0.15) is 5.82 Å². The maximum Gasteiger partial charge on any atom is 0.146 e. The molecule has 1 fully saturated rings. The fraction of sp³-hybridized carbons (Fsp3) is 0.294. The minimum atomic E-state index is -0.359. The van der Waals surface area contributed by atoms with E-state index in [4.69, 9.17) is 5.73 Å². The number of hydrogen-bond acceptors (Lipinski definition) is 2. The van der Waals surface area contributed by atoms with Gasteiger partial charge in [-0.3, -0.25) is 0 Å². The lowest BCUT2D eigenvalue weighted by Crippen LogP contribution is -2.24. The van der Waals surface area contributed by atoms with Crippen LogP contribution in [0.5, 0.6) is 0 Å². The van der Waals surface area contributed by atoms with E-state index in [0.717, 1.165) is 18.0 Å². The van der Waals surface area contributed by atoms with E-state index in [9.17, 15) is 4.39 Å². The zero-order valence-electron chi connectivity index (χ0n) is 11.4. The number of nitrogens with one attached hydrogen (secondary N) is 1. The molecule has 2 aromatic rings. The molecule has 1 aliphatic carbocycles. The molecule has 0 spiro atoms. The zero-order chi connectivity index (χ0) is 13.9. The van der Waals surface area contributed by atoms with Gasteiger partial charge in [-0.2, -0.15) is 0 Å². The summed E-state index contributed by atoms with van der Waals surface area (Å²) in [6.07, 6.45) is 2.61. The van der Waals surface area contributed by atoms with Crippen molar-refractivity contribution in [2.45, 2.75) is 18.9 Å². The van der Waals surface area contributed by atoms with Crippen molar-refractivity contribution >= 4 is 5.69 Å². The predicted molar refractivity (Wildman–Crippen MR) is 79.8 cm³/mol. The molecule has 0 radical (unpaired) electrons. The number of anilines is 1.